The van der Waals surface area contributed by atoms with Crippen LogP contribution in [0.1, 0.15) is 79.2 Å². The summed E-state index contributed by atoms with van der Waals surface area (Å²) in [5.41, 5.74) is 4.72. The molecule has 2 unspecified atom stereocenters. The number of carbonyl (C=O) groups is 1. The van der Waals surface area contributed by atoms with Crippen molar-refractivity contribution < 1.29 is 23.1 Å². The van der Waals surface area contributed by atoms with Gasteiger partial charge in [-0.1, -0.05) is 54.3 Å². The maximum atomic E-state index is 14.1. The van der Waals surface area contributed by atoms with E-state index in [9.17, 15) is 18.3 Å². The number of esters is 1. The van der Waals surface area contributed by atoms with E-state index in [1.807, 2.05) is 39.0 Å². The van der Waals surface area contributed by atoms with Gasteiger partial charge >= 0.3 is 5.97 Å². The van der Waals surface area contributed by atoms with Crippen molar-refractivity contribution in [3.63, 3.8) is 0 Å². The van der Waals surface area contributed by atoms with Crippen LogP contribution in [-0.4, -0.2) is 37.5 Å². The summed E-state index contributed by atoms with van der Waals surface area (Å²) >= 11 is 0. The third-order valence-electron chi connectivity index (χ3n) is 6.85. The first-order valence-electron chi connectivity index (χ1n) is 12.4. The predicted molar refractivity (Wildman–Crippen MR) is 142 cm³/mol. The number of carbonyl (C=O) groups excluding carboxylic acids is 1. The van der Waals surface area contributed by atoms with E-state index in [4.69, 9.17) is 4.74 Å². The summed E-state index contributed by atoms with van der Waals surface area (Å²) in [6.07, 6.45) is 6.70. The van der Waals surface area contributed by atoms with Crippen LogP contribution in [0.3, 0.4) is 0 Å². The molecular formula is C29H42O5S. The Hall–Kier alpha value is -2.18. The lowest BCUT2D eigenvalue weighted by Gasteiger charge is -2.39. The van der Waals surface area contributed by atoms with Crippen LogP contribution in [0.5, 0.6) is 0 Å². The van der Waals surface area contributed by atoms with Crippen molar-refractivity contribution in [2.24, 2.45) is 5.41 Å². The second-order valence-corrected chi connectivity index (χ2v) is 12.7. The average Bonchev–Trinajstić information content (AvgIpc) is 2.72. The van der Waals surface area contributed by atoms with Crippen LogP contribution in [-0.2, 0) is 19.4 Å². The topological polar surface area (TPSA) is 80.7 Å². The smallest absolute Gasteiger partial charge is 0.303 e. The molecular weight excluding hydrogens is 460 g/mol. The number of sulfone groups is 1. The van der Waals surface area contributed by atoms with Crippen molar-refractivity contribution in [3.05, 3.63) is 64.3 Å². The summed E-state index contributed by atoms with van der Waals surface area (Å²) in [7, 11) is -3.66. The molecule has 1 aliphatic rings. The highest BCUT2D eigenvalue weighted by molar-refractivity contribution is 7.92. The number of hydrogen-bond donors (Lipinski definition) is 1. The van der Waals surface area contributed by atoms with E-state index in [2.05, 4.69) is 20.8 Å². The Kier molecular flexibility index (Phi) is 10.1. The van der Waals surface area contributed by atoms with Crippen LogP contribution in [0.15, 0.2) is 63.6 Å². The normalized spacial score (nSPS) is 18.9. The molecule has 1 aromatic rings. The third kappa shape index (κ3) is 7.91. The Balaban J connectivity index is 2.55. The maximum absolute atomic E-state index is 14.1. The Labute approximate surface area is 211 Å². The highest BCUT2D eigenvalue weighted by atomic mass is 32.2. The Morgan fingerprint density at radius 2 is 1.71 bits per heavy atom. The molecule has 0 aromatic heterocycles. The first kappa shape index (κ1) is 29.1. The fraction of sp³-hybridized carbons (Fsp3) is 0.552. The Morgan fingerprint density at radius 1 is 1.09 bits per heavy atom. The molecule has 0 fully saturated rings. The lowest BCUT2D eigenvalue weighted by Crippen LogP contribution is -2.35. The van der Waals surface area contributed by atoms with E-state index in [1.165, 1.54) is 6.92 Å². The lowest BCUT2D eigenvalue weighted by atomic mass is 9.70. The molecule has 0 amide bonds. The van der Waals surface area contributed by atoms with E-state index in [0.717, 1.165) is 47.1 Å². The summed E-state index contributed by atoms with van der Waals surface area (Å²) in [4.78, 5) is 12.1. The minimum Gasteiger partial charge on any atom is -0.458 e. The van der Waals surface area contributed by atoms with Crippen molar-refractivity contribution in [3.8, 4) is 0 Å². The largest absolute Gasteiger partial charge is 0.458 e. The van der Waals surface area contributed by atoms with Crippen LogP contribution in [0.25, 0.3) is 0 Å². The van der Waals surface area contributed by atoms with E-state index in [0.29, 0.717) is 17.7 Å². The zero-order chi connectivity index (χ0) is 26.4. The zero-order valence-electron chi connectivity index (χ0n) is 22.3. The van der Waals surface area contributed by atoms with Gasteiger partial charge in [0, 0.05) is 13.3 Å². The maximum Gasteiger partial charge on any atom is 0.303 e. The first-order valence-corrected chi connectivity index (χ1v) is 13.9. The van der Waals surface area contributed by atoms with Gasteiger partial charge in [0.1, 0.15) is 6.10 Å². The number of benzene rings is 1. The number of aliphatic hydroxyl groups excluding tert-OH is 1. The van der Waals surface area contributed by atoms with Crippen molar-refractivity contribution >= 4 is 15.8 Å². The molecule has 0 bridgehead atoms. The van der Waals surface area contributed by atoms with E-state index in [-0.39, 0.29) is 12.0 Å². The molecule has 0 saturated heterocycles. The fourth-order valence-electron chi connectivity index (χ4n) is 5.19. The van der Waals surface area contributed by atoms with Crippen molar-refractivity contribution in [1.82, 2.24) is 0 Å². The molecule has 0 aliphatic heterocycles. The molecule has 5 nitrogen and oxygen atoms in total. The highest BCUT2D eigenvalue weighted by Crippen LogP contribution is 2.46. The number of rotatable bonds is 10. The molecule has 0 spiro atoms. The van der Waals surface area contributed by atoms with E-state index < -0.39 is 27.2 Å². The first-order chi connectivity index (χ1) is 16.3. The molecule has 6 heteroatoms. The van der Waals surface area contributed by atoms with Gasteiger partial charge in [-0.25, -0.2) is 8.42 Å². The quantitative estimate of drug-likeness (QED) is 0.302. The van der Waals surface area contributed by atoms with E-state index in [1.54, 1.807) is 18.2 Å². The molecule has 194 valence electrons. The van der Waals surface area contributed by atoms with Gasteiger partial charge in [0.2, 0.25) is 0 Å². The molecule has 1 aliphatic carbocycles. The van der Waals surface area contributed by atoms with Gasteiger partial charge in [-0.2, -0.15) is 0 Å². The van der Waals surface area contributed by atoms with Crippen LogP contribution in [0.2, 0.25) is 0 Å². The molecule has 2 rings (SSSR count). The summed E-state index contributed by atoms with van der Waals surface area (Å²) in [5.74, 6) is -0.397. The predicted octanol–water partition coefficient (Wildman–Crippen LogP) is 6.26. The molecule has 0 heterocycles. The number of aryl methyl sites for hydroxylation is 1. The molecule has 0 saturated carbocycles. The standard InChI is InChI=1S/C29H42O5S/c1-20-10-12-26(13-11-20)35(32,33)27(28-23(4)9-8-15-29(28,6)7)19-22(3)18-25(34-24(5)31)17-21(2)14-16-30/h10-14,18,25,27,30H,8-9,15-17,19H2,1-7H3/b21-14+,22-18-. The van der Waals surface area contributed by atoms with Crippen LogP contribution in [0, 0.1) is 12.3 Å². The minimum atomic E-state index is -3.66. The van der Waals surface area contributed by atoms with Gasteiger partial charge in [0.05, 0.1) is 16.8 Å². The number of aliphatic hydroxyl groups is 1. The third-order valence-corrected chi connectivity index (χ3v) is 8.93. The Bertz CT molecular complexity index is 1090. The summed E-state index contributed by atoms with van der Waals surface area (Å²) < 4.78 is 33.6. The number of allylic oxidation sites excluding steroid dienone is 2. The minimum absolute atomic E-state index is 0.0826. The molecule has 1 aromatic carbocycles. The van der Waals surface area contributed by atoms with Gasteiger partial charge in [0.15, 0.2) is 9.84 Å². The van der Waals surface area contributed by atoms with Crippen LogP contribution >= 0.6 is 0 Å². The highest BCUT2D eigenvalue weighted by Gasteiger charge is 2.40. The lowest BCUT2D eigenvalue weighted by molar-refractivity contribution is -0.144. The van der Waals surface area contributed by atoms with E-state index >= 15 is 0 Å². The van der Waals surface area contributed by atoms with Gasteiger partial charge < -0.3 is 9.84 Å². The second kappa shape index (κ2) is 12.2. The van der Waals surface area contributed by atoms with Crippen molar-refractivity contribution in [1.29, 1.82) is 0 Å². The van der Waals surface area contributed by atoms with Crippen LogP contribution in [0.4, 0.5) is 0 Å². The average molecular weight is 503 g/mol. The number of hydrogen-bond acceptors (Lipinski definition) is 5. The molecule has 2 atom stereocenters. The van der Waals surface area contributed by atoms with Gasteiger partial charge in [-0.15, -0.1) is 0 Å². The van der Waals surface area contributed by atoms with Gasteiger partial charge in [0.25, 0.3) is 0 Å². The monoisotopic (exact) mass is 502 g/mol. The number of ether oxygens (including phenoxy) is 1. The zero-order valence-corrected chi connectivity index (χ0v) is 23.2. The SMILES string of the molecule is CC(=O)OC(/C=C(/C)CC(C1=C(C)CCCC1(C)C)S(=O)(=O)c1ccc(C)cc1)C/C(C)=C/CO. The van der Waals surface area contributed by atoms with Gasteiger partial charge in [-0.05, 0) is 82.6 Å². The summed E-state index contributed by atoms with van der Waals surface area (Å²) in [6.45, 7) is 13.4. The molecule has 35 heavy (non-hydrogen) atoms. The second-order valence-electron chi connectivity index (χ2n) is 10.6. The van der Waals surface area contributed by atoms with Crippen molar-refractivity contribution in [2.45, 2.75) is 96.8 Å². The summed E-state index contributed by atoms with van der Waals surface area (Å²) in [5, 5.41) is 8.50. The molecule has 1 N–H and O–H groups in total. The van der Waals surface area contributed by atoms with Gasteiger partial charge in [-0.3, -0.25) is 4.79 Å². The van der Waals surface area contributed by atoms with Crippen molar-refractivity contribution in [2.75, 3.05) is 6.61 Å². The molecule has 0 radical (unpaired) electrons. The Morgan fingerprint density at radius 3 is 2.26 bits per heavy atom. The fourth-order valence-corrected chi connectivity index (χ4v) is 7.35. The summed E-state index contributed by atoms with van der Waals surface area (Å²) in [6, 6.07) is 7.08. The van der Waals surface area contributed by atoms with Crippen LogP contribution < -0.4 is 0 Å².